The number of carbonyl (C=O) groups excluding carboxylic acids is 2. The highest BCUT2D eigenvalue weighted by molar-refractivity contribution is 7.51. The van der Waals surface area contributed by atoms with Crippen molar-refractivity contribution in [3.05, 3.63) is 179 Å². The molecule has 1 saturated heterocycles. The molecule has 5 aromatic rings. The highest BCUT2D eigenvalue weighted by Gasteiger charge is 2.48. The molecule has 15 nitrogen and oxygen atoms in total. The third-order valence-electron chi connectivity index (χ3n) is 11.8. The molecule has 0 unspecified atom stereocenters. The summed E-state index contributed by atoms with van der Waals surface area (Å²) in [7, 11) is -3.27. The zero-order valence-corrected chi connectivity index (χ0v) is 67.6. The predicted molar refractivity (Wildman–Crippen MR) is 406 cm³/mol. The SMILES string of the molecule is CB1OC(C)(C)C(C)(C)O1.CC.CC.CC.CC.CC.CC(C)(C)c1ccccc1.CC(C)(C)c1ccccc1.CC(C)(C)c1ccccc1.CC(C)(C)c1ccccc1.CC(C)(C)c1ccccc1.COC(=O)CN.COC(C)=O.COCP(=O)(O)O.COP(=O)(O)O. The Labute approximate surface area is 577 Å². The van der Waals surface area contributed by atoms with Gasteiger partial charge in [-0.1, -0.05) is 325 Å². The van der Waals surface area contributed by atoms with Crippen LogP contribution < -0.4 is 5.73 Å². The first kappa shape index (κ1) is 108. The Hall–Kier alpha value is -4.80. The smallest absolute Gasteiger partial charge is 0.469 e. The number of carbonyl (C=O) groups is 2. The van der Waals surface area contributed by atoms with E-state index in [4.69, 9.17) is 34.6 Å². The predicted octanol–water partition coefficient (Wildman–Crippen LogP) is 20.6. The van der Waals surface area contributed by atoms with Gasteiger partial charge in [-0.05, 0) is 89.4 Å². The summed E-state index contributed by atoms with van der Waals surface area (Å²) in [4.78, 5) is 50.9. The van der Waals surface area contributed by atoms with Gasteiger partial charge in [0.25, 0.3) is 0 Å². The molecule has 5 aromatic carbocycles. The van der Waals surface area contributed by atoms with E-state index in [9.17, 15) is 18.7 Å². The lowest BCUT2D eigenvalue weighted by Gasteiger charge is -2.32. The van der Waals surface area contributed by atoms with E-state index in [2.05, 4.69) is 302 Å². The highest BCUT2D eigenvalue weighted by Crippen LogP contribution is 2.37. The number of hydrogen-bond acceptors (Lipinski definition) is 11. The fourth-order valence-corrected chi connectivity index (χ4v) is 6.42. The average molecular weight is 1360 g/mol. The highest BCUT2D eigenvalue weighted by atomic mass is 31.2. The van der Waals surface area contributed by atoms with Gasteiger partial charge >= 0.3 is 34.5 Å². The Morgan fingerprint density at radius 3 is 0.638 bits per heavy atom. The lowest BCUT2D eigenvalue weighted by molar-refractivity contribution is -0.139. The van der Waals surface area contributed by atoms with Crippen LogP contribution in [0.4, 0.5) is 0 Å². The Kier molecular flexibility index (Phi) is 68.3. The van der Waals surface area contributed by atoms with Crippen molar-refractivity contribution in [2.45, 2.75) is 253 Å². The molecule has 6 N–H and O–H groups in total. The maximum Gasteiger partial charge on any atom is 0.469 e. The third kappa shape index (κ3) is 68.6. The lowest BCUT2D eigenvalue weighted by atomic mass is 9.87. The van der Waals surface area contributed by atoms with E-state index in [1.807, 2.05) is 76.1 Å². The first-order valence-electron chi connectivity index (χ1n) is 32.7. The monoisotopic (exact) mass is 1360 g/mol. The van der Waals surface area contributed by atoms with Crippen molar-refractivity contribution in [2.24, 2.45) is 5.73 Å². The number of methoxy groups -OCH3 is 3. The van der Waals surface area contributed by atoms with E-state index in [0.717, 1.165) is 7.11 Å². The lowest BCUT2D eigenvalue weighted by Crippen LogP contribution is -2.41. The molecule has 0 aliphatic carbocycles. The average Bonchev–Trinajstić information content (AvgIpc) is 1.66. The van der Waals surface area contributed by atoms with Crippen LogP contribution in [-0.2, 0) is 73.8 Å². The molecule has 1 aliphatic rings. The molecule has 94 heavy (non-hydrogen) atoms. The summed E-state index contributed by atoms with van der Waals surface area (Å²) in [6, 6.07) is 52.8. The van der Waals surface area contributed by atoms with Crippen molar-refractivity contribution < 1.29 is 66.3 Å². The minimum absolute atomic E-state index is 0.0312. The summed E-state index contributed by atoms with van der Waals surface area (Å²) in [6.45, 7) is 64.8. The zero-order chi connectivity index (χ0) is 76.5. The van der Waals surface area contributed by atoms with Gasteiger partial charge < -0.3 is 48.8 Å². The Balaban J connectivity index is -0.000000121. The van der Waals surface area contributed by atoms with Gasteiger partial charge in [0.2, 0.25) is 0 Å². The Bertz CT molecular complexity index is 2220. The summed E-state index contributed by atoms with van der Waals surface area (Å²) in [6.07, 6.45) is -0.493. The number of benzene rings is 5. The molecule has 0 aromatic heterocycles. The fraction of sp³-hybridized carbons (Fsp3) is 0.579. The van der Waals surface area contributed by atoms with Crippen molar-refractivity contribution in [1.82, 2.24) is 0 Å². The normalized spacial score (nSPS) is 12.0. The van der Waals surface area contributed by atoms with E-state index in [1.165, 1.54) is 56.1 Å². The van der Waals surface area contributed by atoms with Gasteiger partial charge in [-0.2, -0.15) is 0 Å². The molecule has 1 heterocycles. The number of phosphoric acid groups is 1. The van der Waals surface area contributed by atoms with Crippen LogP contribution in [0.15, 0.2) is 152 Å². The molecule has 1 fully saturated rings. The number of nitrogens with two attached hydrogens (primary N) is 1. The largest absolute Gasteiger partial charge is 0.469 e. The molecule has 0 bridgehead atoms. The quantitative estimate of drug-likeness (QED) is 0.0640. The first-order chi connectivity index (χ1) is 43.1. The van der Waals surface area contributed by atoms with Crippen molar-refractivity contribution in [1.29, 1.82) is 0 Å². The minimum atomic E-state index is -4.15. The van der Waals surface area contributed by atoms with Crippen LogP contribution >= 0.6 is 15.4 Å². The van der Waals surface area contributed by atoms with Gasteiger partial charge in [-0.3, -0.25) is 18.7 Å². The first-order valence-corrected chi connectivity index (χ1v) is 36.0. The second kappa shape index (κ2) is 59.5. The van der Waals surface area contributed by atoms with Crippen LogP contribution in [0.2, 0.25) is 6.82 Å². The molecular weight excluding hydrogens is 1220 g/mol. The van der Waals surface area contributed by atoms with Gasteiger partial charge in [0, 0.05) is 21.1 Å². The van der Waals surface area contributed by atoms with Crippen molar-refractivity contribution in [3.8, 4) is 0 Å². The van der Waals surface area contributed by atoms with Crippen LogP contribution in [-0.4, -0.2) is 91.2 Å². The number of hydrogen-bond donors (Lipinski definition) is 5. The van der Waals surface area contributed by atoms with Crippen LogP contribution in [0.5, 0.6) is 0 Å². The second-order valence-corrected chi connectivity index (χ2v) is 28.1. The Morgan fingerprint density at radius 2 is 0.596 bits per heavy atom. The molecule has 6 rings (SSSR count). The number of esters is 2. The number of rotatable bonds is 4. The van der Waals surface area contributed by atoms with E-state index in [-0.39, 0.29) is 36.8 Å². The summed E-state index contributed by atoms with van der Waals surface area (Å²) < 4.78 is 46.4. The molecule has 546 valence electrons. The fourth-order valence-electron chi connectivity index (χ4n) is 6.08. The van der Waals surface area contributed by atoms with Crippen LogP contribution in [0.1, 0.15) is 236 Å². The van der Waals surface area contributed by atoms with Crippen molar-refractivity contribution >= 4 is 34.5 Å². The summed E-state index contributed by atoms with van der Waals surface area (Å²) >= 11 is 0. The Morgan fingerprint density at radius 1 is 0.426 bits per heavy atom. The number of phosphoric ester groups is 1. The topological polar surface area (TPSA) is 231 Å². The van der Waals surface area contributed by atoms with Gasteiger partial charge in [0.15, 0.2) is 0 Å². The van der Waals surface area contributed by atoms with Crippen molar-refractivity contribution in [3.63, 3.8) is 0 Å². The van der Waals surface area contributed by atoms with E-state index in [1.54, 1.807) is 0 Å². The third-order valence-corrected chi connectivity index (χ3v) is 12.9. The molecule has 18 heteroatoms. The van der Waals surface area contributed by atoms with Crippen LogP contribution in [0.25, 0.3) is 0 Å². The zero-order valence-electron chi connectivity index (χ0n) is 65.8. The minimum Gasteiger partial charge on any atom is -0.469 e. The molecule has 0 atom stereocenters. The molecule has 0 amide bonds. The van der Waals surface area contributed by atoms with Gasteiger partial charge in [0.05, 0.1) is 32.0 Å². The summed E-state index contributed by atoms with van der Waals surface area (Å²) in [5.41, 5.74) is 12.9. The van der Waals surface area contributed by atoms with Crippen LogP contribution in [0, 0.1) is 0 Å². The molecule has 0 saturated carbocycles. The van der Waals surface area contributed by atoms with E-state index < -0.39 is 21.8 Å². The molecular formula is C76H140BNO14P2. The van der Waals surface area contributed by atoms with Gasteiger partial charge in [-0.25, -0.2) is 4.57 Å². The van der Waals surface area contributed by atoms with Crippen LogP contribution in [0.3, 0.4) is 0 Å². The molecule has 1 aliphatic heterocycles. The second-order valence-electron chi connectivity index (χ2n) is 25.1. The standard InChI is InChI=1S/5C10H14.C7H15BO2.C3H7NO2.C3H6O2.C2H7O4P.5C2H6.CH5O4P/c5*1-10(2,3)9-7-5-4-6-8-9;1-6(2)7(3,4)10-8(5)9-6;1-6-3(5)2-4;1-3(4)5-2;1-6-2-7(3,4)5;5*1-2;1-5-6(2,3)4/h5*4-8H,1-3H3;1-5H3;2,4H2,1H3;1-2H3;2H2,1H3,(H2,3,4,5);5*1-2H3;1H3,(H2,2,3,4). The summed E-state index contributed by atoms with van der Waals surface area (Å²) in [5, 5.41) is 0. The van der Waals surface area contributed by atoms with Gasteiger partial charge in [-0.15, -0.1) is 0 Å². The van der Waals surface area contributed by atoms with Crippen molar-refractivity contribution in [2.75, 3.05) is 41.3 Å². The maximum atomic E-state index is 9.83. The summed E-state index contributed by atoms with van der Waals surface area (Å²) in [5.74, 6) is -0.625. The van der Waals surface area contributed by atoms with E-state index in [0.29, 0.717) is 27.1 Å². The van der Waals surface area contributed by atoms with Gasteiger partial charge in [0.1, 0.15) is 6.35 Å². The molecule has 0 radical (unpaired) electrons. The van der Waals surface area contributed by atoms with E-state index >= 15 is 0 Å². The molecule has 0 spiro atoms. The number of ether oxygens (including phenoxy) is 3. The maximum absolute atomic E-state index is 9.83.